The highest BCUT2D eigenvalue weighted by molar-refractivity contribution is 5.93. The van der Waals surface area contributed by atoms with Crippen LogP contribution in [-0.4, -0.2) is 11.7 Å². The molecule has 0 fully saturated rings. The van der Waals surface area contributed by atoms with Crippen molar-refractivity contribution < 1.29 is 9.59 Å². The summed E-state index contributed by atoms with van der Waals surface area (Å²) in [6, 6.07) is 21.4. The molecule has 3 aromatic carbocycles. The Bertz CT molecular complexity index is 899. The number of carbonyl (C=O) groups is 2. The maximum absolute atomic E-state index is 12.2. The minimum atomic E-state index is -0.445. The Hall–Kier alpha value is -2.94. The zero-order chi connectivity index (χ0) is 16.9. The van der Waals surface area contributed by atoms with Gasteiger partial charge in [0.15, 0.2) is 0 Å². The van der Waals surface area contributed by atoms with Gasteiger partial charge in [-0.05, 0) is 40.5 Å². The van der Waals surface area contributed by atoms with Gasteiger partial charge in [0.05, 0.1) is 0 Å². The standard InChI is InChI=1S/C21H19NO2/c22-21(24)19-7-3-4-15(12-19)9-11-20(23)14-16-8-10-17-5-1-2-6-18(17)13-16/h1-8,10,12-13H,9,11,14H2,(H2,22,24). The lowest BCUT2D eigenvalue weighted by atomic mass is 9.99. The van der Waals surface area contributed by atoms with Gasteiger partial charge in [-0.15, -0.1) is 0 Å². The Morgan fingerprint density at radius 2 is 1.58 bits per heavy atom. The van der Waals surface area contributed by atoms with Gasteiger partial charge < -0.3 is 5.73 Å². The summed E-state index contributed by atoms with van der Waals surface area (Å²) in [6.45, 7) is 0. The third kappa shape index (κ3) is 3.87. The summed E-state index contributed by atoms with van der Waals surface area (Å²) in [5, 5.41) is 2.33. The van der Waals surface area contributed by atoms with Gasteiger partial charge in [-0.3, -0.25) is 9.59 Å². The van der Waals surface area contributed by atoms with Crippen LogP contribution < -0.4 is 5.73 Å². The van der Waals surface area contributed by atoms with E-state index < -0.39 is 5.91 Å². The van der Waals surface area contributed by atoms with Crippen molar-refractivity contribution >= 4 is 22.5 Å². The fourth-order valence-electron chi connectivity index (χ4n) is 2.83. The highest BCUT2D eigenvalue weighted by Gasteiger charge is 2.07. The zero-order valence-electron chi connectivity index (χ0n) is 13.4. The molecule has 3 aromatic rings. The van der Waals surface area contributed by atoms with Crippen molar-refractivity contribution in [2.24, 2.45) is 5.73 Å². The van der Waals surface area contributed by atoms with Crippen molar-refractivity contribution in [3.63, 3.8) is 0 Å². The number of benzene rings is 3. The minimum absolute atomic E-state index is 0.190. The number of nitrogens with two attached hydrogens (primary N) is 1. The van der Waals surface area contributed by atoms with Gasteiger partial charge in [-0.1, -0.05) is 54.6 Å². The van der Waals surface area contributed by atoms with Crippen LogP contribution in [0.5, 0.6) is 0 Å². The molecule has 0 bridgehead atoms. The van der Waals surface area contributed by atoms with Gasteiger partial charge in [0.25, 0.3) is 0 Å². The number of fused-ring (bicyclic) bond motifs is 1. The number of primary amides is 1. The number of Topliss-reactive ketones (excluding diaryl/α,β-unsaturated/α-hetero) is 1. The third-order valence-corrected chi connectivity index (χ3v) is 4.12. The van der Waals surface area contributed by atoms with Crippen LogP contribution in [0.2, 0.25) is 0 Å². The van der Waals surface area contributed by atoms with Crippen LogP contribution in [-0.2, 0) is 17.6 Å². The largest absolute Gasteiger partial charge is 0.366 e. The number of amides is 1. The molecule has 0 saturated heterocycles. The van der Waals surface area contributed by atoms with E-state index in [-0.39, 0.29) is 5.78 Å². The first-order valence-electron chi connectivity index (χ1n) is 8.00. The number of aryl methyl sites for hydroxylation is 1. The molecule has 0 aromatic heterocycles. The highest BCUT2D eigenvalue weighted by atomic mass is 16.1. The molecule has 0 heterocycles. The molecular weight excluding hydrogens is 298 g/mol. The predicted octanol–water partition coefficient (Wildman–Crippen LogP) is 3.68. The maximum atomic E-state index is 12.2. The number of ketones is 1. The van der Waals surface area contributed by atoms with Crippen LogP contribution in [0.25, 0.3) is 10.8 Å². The van der Waals surface area contributed by atoms with Crippen molar-refractivity contribution in [1.82, 2.24) is 0 Å². The molecule has 0 radical (unpaired) electrons. The van der Waals surface area contributed by atoms with E-state index in [2.05, 4.69) is 18.2 Å². The van der Waals surface area contributed by atoms with Crippen molar-refractivity contribution in [1.29, 1.82) is 0 Å². The number of hydrogen-bond acceptors (Lipinski definition) is 2. The Kier molecular flexibility index (Phi) is 4.71. The van der Waals surface area contributed by atoms with Crippen molar-refractivity contribution in [2.45, 2.75) is 19.3 Å². The first-order valence-corrected chi connectivity index (χ1v) is 8.00. The van der Waals surface area contributed by atoms with Crippen molar-refractivity contribution in [2.75, 3.05) is 0 Å². The molecule has 1 amide bonds. The molecule has 0 atom stereocenters. The predicted molar refractivity (Wildman–Crippen MR) is 95.9 cm³/mol. The molecule has 24 heavy (non-hydrogen) atoms. The topological polar surface area (TPSA) is 60.2 Å². The molecular formula is C21H19NO2. The molecule has 3 heteroatoms. The second-order valence-corrected chi connectivity index (χ2v) is 5.96. The second kappa shape index (κ2) is 7.09. The van der Waals surface area contributed by atoms with Crippen LogP contribution in [0.1, 0.15) is 27.9 Å². The average Bonchev–Trinajstić information content (AvgIpc) is 2.60. The first kappa shape index (κ1) is 15.9. The molecule has 0 unspecified atom stereocenters. The summed E-state index contributed by atoms with van der Waals surface area (Å²) < 4.78 is 0. The average molecular weight is 317 g/mol. The van der Waals surface area contributed by atoms with Gasteiger partial charge in [0.2, 0.25) is 5.91 Å². The molecule has 0 saturated carbocycles. The Labute approximate surface area is 141 Å². The summed E-state index contributed by atoms with van der Waals surface area (Å²) >= 11 is 0. The fraction of sp³-hybridized carbons (Fsp3) is 0.143. The summed E-state index contributed by atoms with van der Waals surface area (Å²) in [4.78, 5) is 23.4. The van der Waals surface area contributed by atoms with E-state index in [0.29, 0.717) is 24.8 Å². The van der Waals surface area contributed by atoms with Crippen LogP contribution >= 0.6 is 0 Å². The normalized spacial score (nSPS) is 10.7. The van der Waals surface area contributed by atoms with Gasteiger partial charge in [-0.25, -0.2) is 0 Å². The lowest BCUT2D eigenvalue weighted by Gasteiger charge is -2.05. The summed E-state index contributed by atoms with van der Waals surface area (Å²) in [5.74, 6) is -0.255. The van der Waals surface area contributed by atoms with E-state index in [1.807, 2.05) is 30.3 Å². The van der Waals surface area contributed by atoms with E-state index in [1.54, 1.807) is 18.2 Å². The SMILES string of the molecule is NC(=O)c1cccc(CCC(=O)Cc2ccc3ccccc3c2)c1. The number of rotatable bonds is 6. The fourth-order valence-corrected chi connectivity index (χ4v) is 2.83. The van der Waals surface area contributed by atoms with Gasteiger partial charge in [-0.2, -0.15) is 0 Å². The van der Waals surface area contributed by atoms with E-state index in [4.69, 9.17) is 5.73 Å². The Balaban J connectivity index is 1.62. The van der Waals surface area contributed by atoms with Gasteiger partial charge in [0.1, 0.15) is 5.78 Å². The van der Waals surface area contributed by atoms with E-state index in [9.17, 15) is 9.59 Å². The molecule has 3 nitrogen and oxygen atoms in total. The van der Waals surface area contributed by atoms with E-state index >= 15 is 0 Å². The van der Waals surface area contributed by atoms with E-state index in [0.717, 1.165) is 16.5 Å². The number of carbonyl (C=O) groups excluding carboxylic acids is 2. The van der Waals surface area contributed by atoms with Crippen molar-refractivity contribution in [3.8, 4) is 0 Å². The van der Waals surface area contributed by atoms with Crippen LogP contribution in [0, 0.1) is 0 Å². The monoisotopic (exact) mass is 317 g/mol. The lowest BCUT2D eigenvalue weighted by molar-refractivity contribution is -0.118. The van der Waals surface area contributed by atoms with E-state index in [1.165, 1.54) is 5.39 Å². The molecule has 0 aliphatic heterocycles. The molecule has 0 aliphatic carbocycles. The van der Waals surface area contributed by atoms with Crippen LogP contribution in [0.15, 0.2) is 66.7 Å². The maximum Gasteiger partial charge on any atom is 0.248 e. The summed E-state index contributed by atoms with van der Waals surface area (Å²) in [7, 11) is 0. The van der Waals surface area contributed by atoms with Crippen LogP contribution in [0.3, 0.4) is 0 Å². The Morgan fingerprint density at radius 1 is 0.792 bits per heavy atom. The van der Waals surface area contributed by atoms with Crippen molar-refractivity contribution in [3.05, 3.63) is 83.4 Å². The summed E-state index contributed by atoms with van der Waals surface area (Å²) in [6.07, 6.45) is 1.50. The quantitative estimate of drug-likeness (QED) is 0.754. The first-order chi connectivity index (χ1) is 11.6. The smallest absolute Gasteiger partial charge is 0.248 e. The third-order valence-electron chi connectivity index (χ3n) is 4.12. The molecule has 120 valence electrons. The zero-order valence-corrected chi connectivity index (χ0v) is 13.4. The highest BCUT2D eigenvalue weighted by Crippen LogP contribution is 2.17. The lowest BCUT2D eigenvalue weighted by Crippen LogP contribution is -2.11. The van der Waals surface area contributed by atoms with Gasteiger partial charge in [0, 0.05) is 18.4 Å². The minimum Gasteiger partial charge on any atom is -0.366 e. The number of hydrogen-bond donors (Lipinski definition) is 1. The second-order valence-electron chi connectivity index (χ2n) is 5.96. The summed E-state index contributed by atoms with van der Waals surface area (Å²) in [5.41, 5.74) is 7.75. The molecule has 0 spiro atoms. The molecule has 2 N–H and O–H groups in total. The van der Waals surface area contributed by atoms with Crippen LogP contribution in [0.4, 0.5) is 0 Å². The molecule has 3 rings (SSSR count). The molecule has 0 aliphatic rings. The Morgan fingerprint density at radius 3 is 2.38 bits per heavy atom. The van der Waals surface area contributed by atoms with Gasteiger partial charge >= 0.3 is 0 Å².